The van der Waals surface area contributed by atoms with Gasteiger partial charge in [0.05, 0.1) is 25.1 Å². The van der Waals surface area contributed by atoms with E-state index in [1.54, 1.807) is 18.7 Å². The molecule has 1 aromatic heterocycles. The van der Waals surface area contributed by atoms with Gasteiger partial charge < -0.3 is 19.3 Å². The van der Waals surface area contributed by atoms with Crippen LogP contribution < -0.4 is 4.74 Å². The number of nitrogens with zero attached hydrogens (tertiary/aromatic N) is 3. The molecule has 2 heterocycles. The van der Waals surface area contributed by atoms with Gasteiger partial charge in [-0.1, -0.05) is 12.1 Å². The van der Waals surface area contributed by atoms with Gasteiger partial charge in [0.2, 0.25) is 0 Å². The Morgan fingerprint density at radius 2 is 1.88 bits per heavy atom. The van der Waals surface area contributed by atoms with Gasteiger partial charge in [0.1, 0.15) is 11.6 Å². The fraction of sp³-hybridized carbons (Fsp3) is 0.208. The lowest BCUT2D eigenvalue weighted by Crippen LogP contribution is -2.31. The van der Waals surface area contributed by atoms with E-state index in [1.165, 1.54) is 48.4 Å². The Morgan fingerprint density at radius 1 is 1.12 bits per heavy atom. The summed E-state index contributed by atoms with van der Waals surface area (Å²) in [6, 6.07) is 8.14. The van der Waals surface area contributed by atoms with Crippen molar-refractivity contribution < 1.29 is 28.2 Å². The summed E-state index contributed by atoms with van der Waals surface area (Å²) >= 11 is 0. The van der Waals surface area contributed by atoms with Crippen molar-refractivity contribution in [1.82, 2.24) is 14.5 Å². The van der Waals surface area contributed by atoms with Crippen molar-refractivity contribution in [2.75, 3.05) is 13.7 Å². The molecule has 1 saturated heterocycles. The van der Waals surface area contributed by atoms with E-state index in [4.69, 9.17) is 4.74 Å². The number of carbonyl (C=O) groups excluding carboxylic acids is 2. The topological polar surface area (TPSA) is 84.7 Å². The number of Topliss-reactive ketones (excluding diaryl/α,β-unsaturated/α-hetero) is 1. The van der Waals surface area contributed by atoms with Crippen LogP contribution in [-0.2, 0) is 16.1 Å². The molecule has 4 rings (SSSR count). The zero-order chi connectivity index (χ0) is 23.5. The van der Waals surface area contributed by atoms with E-state index in [0.29, 0.717) is 18.5 Å². The molecule has 0 aliphatic carbocycles. The molecule has 0 bridgehead atoms. The number of methoxy groups -OCH3 is 1. The smallest absolute Gasteiger partial charge is 0.295 e. The molecule has 170 valence electrons. The number of aliphatic hydroxyl groups excluding tert-OH is 1. The summed E-state index contributed by atoms with van der Waals surface area (Å²) in [7, 11) is 1.31. The van der Waals surface area contributed by atoms with Crippen LogP contribution >= 0.6 is 0 Å². The van der Waals surface area contributed by atoms with Crippen LogP contribution in [0.1, 0.15) is 23.6 Å². The van der Waals surface area contributed by atoms with Crippen LogP contribution in [0.5, 0.6) is 5.75 Å². The first kappa shape index (κ1) is 22.2. The molecule has 0 spiro atoms. The van der Waals surface area contributed by atoms with Gasteiger partial charge in [-0.15, -0.1) is 0 Å². The molecule has 1 aliphatic heterocycles. The van der Waals surface area contributed by atoms with Crippen molar-refractivity contribution in [2.24, 2.45) is 0 Å². The summed E-state index contributed by atoms with van der Waals surface area (Å²) < 4.78 is 34.5. The molecule has 1 atom stereocenters. The lowest BCUT2D eigenvalue weighted by Gasteiger charge is -2.25. The second kappa shape index (κ2) is 9.23. The Hall–Kier alpha value is -4.01. The van der Waals surface area contributed by atoms with Gasteiger partial charge in [0.25, 0.3) is 11.7 Å². The zero-order valence-corrected chi connectivity index (χ0v) is 17.7. The Bertz CT molecular complexity index is 1210. The van der Waals surface area contributed by atoms with Crippen LogP contribution in [0.25, 0.3) is 5.76 Å². The van der Waals surface area contributed by atoms with Gasteiger partial charge in [-0.05, 0) is 42.3 Å². The predicted octanol–water partition coefficient (Wildman–Crippen LogP) is 3.68. The van der Waals surface area contributed by atoms with Gasteiger partial charge in [0.15, 0.2) is 11.6 Å². The molecule has 1 amide bonds. The predicted molar refractivity (Wildman–Crippen MR) is 115 cm³/mol. The van der Waals surface area contributed by atoms with E-state index in [9.17, 15) is 23.5 Å². The Labute approximate surface area is 188 Å². The summed E-state index contributed by atoms with van der Waals surface area (Å²) in [6.45, 7) is 0.765. The van der Waals surface area contributed by atoms with Crippen LogP contribution in [-0.4, -0.2) is 44.9 Å². The molecule has 9 heteroatoms. The number of aliphatic hydroxyl groups is 1. The van der Waals surface area contributed by atoms with Crippen molar-refractivity contribution >= 4 is 17.4 Å². The molecule has 1 N–H and O–H groups in total. The summed E-state index contributed by atoms with van der Waals surface area (Å²) in [4.78, 5) is 31.2. The minimum absolute atomic E-state index is 0.0248. The summed E-state index contributed by atoms with van der Waals surface area (Å²) in [5, 5.41) is 11.0. The zero-order valence-electron chi connectivity index (χ0n) is 17.7. The molecular weight excluding hydrogens is 432 g/mol. The molecule has 1 unspecified atom stereocenters. The van der Waals surface area contributed by atoms with Crippen LogP contribution in [0, 0.1) is 11.6 Å². The third kappa shape index (κ3) is 4.34. The van der Waals surface area contributed by atoms with E-state index in [1.807, 2.05) is 4.57 Å². The number of hydrogen-bond donors (Lipinski definition) is 1. The second-order valence-corrected chi connectivity index (χ2v) is 7.55. The standard InChI is InChI=1S/C24H21F2N3O4/c1-33-19-8-5-16(13-18(19)26)22(30)20-21(15-3-6-17(25)7-4-15)29(24(32)23(20)31)11-2-10-28-12-9-27-14-28/h3-9,12-14,21,30H,2,10-11H2,1H3. The van der Waals surface area contributed by atoms with E-state index in [2.05, 4.69) is 4.98 Å². The number of amides is 1. The van der Waals surface area contributed by atoms with Crippen molar-refractivity contribution in [3.05, 3.63) is 89.5 Å². The third-order valence-corrected chi connectivity index (χ3v) is 5.53. The van der Waals surface area contributed by atoms with Crippen LogP contribution in [0.4, 0.5) is 8.78 Å². The molecule has 1 fully saturated rings. The van der Waals surface area contributed by atoms with Gasteiger partial charge >= 0.3 is 0 Å². The molecule has 0 radical (unpaired) electrons. The SMILES string of the molecule is COc1ccc(C(O)=C2C(=O)C(=O)N(CCCn3ccnc3)C2c2ccc(F)cc2)cc1F. The summed E-state index contributed by atoms with van der Waals surface area (Å²) in [5.74, 6) is -3.42. The highest BCUT2D eigenvalue weighted by Gasteiger charge is 2.45. The average molecular weight is 453 g/mol. The number of imidazole rings is 1. The normalized spacial score (nSPS) is 17.5. The van der Waals surface area contributed by atoms with Crippen molar-refractivity contribution in [3.8, 4) is 5.75 Å². The maximum absolute atomic E-state index is 14.2. The minimum atomic E-state index is -0.946. The van der Waals surface area contributed by atoms with E-state index in [-0.39, 0.29) is 23.4 Å². The first-order chi connectivity index (χ1) is 15.9. The number of hydrogen-bond acceptors (Lipinski definition) is 5. The number of aryl methyl sites for hydroxylation is 1. The van der Waals surface area contributed by atoms with Crippen LogP contribution in [0.15, 0.2) is 66.8 Å². The van der Waals surface area contributed by atoms with E-state index < -0.39 is 35.1 Å². The highest BCUT2D eigenvalue weighted by molar-refractivity contribution is 6.46. The summed E-state index contributed by atoms with van der Waals surface area (Å²) in [6.07, 6.45) is 5.57. The second-order valence-electron chi connectivity index (χ2n) is 7.55. The van der Waals surface area contributed by atoms with E-state index in [0.717, 1.165) is 6.07 Å². The van der Waals surface area contributed by atoms with Crippen molar-refractivity contribution in [3.63, 3.8) is 0 Å². The molecule has 1 aliphatic rings. The molecular formula is C24H21F2N3O4. The van der Waals surface area contributed by atoms with E-state index >= 15 is 0 Å². The Kier molecular flexibility index (Phi) is 6.21. The molecule has 3 aromatic rings. The first-order valence-electron chi connectivity index (χ1n) is 10.2. The number of halogens is 2. The molecule has 33 heavy (non-hydrogen) atoms. The lowest BCUT2D eigenvalue weighted by molar-refractivity contribution is -0.139. The van der Waals surface area contributed by atoms with Crippen molar-refractivity contribution in [2.45, 2.75) is 19.0 Å². The average Bonchev–Trinajstić information content (AvgIpc) is 3.41. The number of rotatable bonds is 7. The fourth-order valence-electron chi connectivity index (χ4n) is 3.91. The monoisotopic (exact) mass is 453 g/mol. The minimum Gasteiger partial charge on any atom is -0.507 e. The number of ketones is 1. The first-order valence-corrected chi connectivity index (χ1v) is 10.2. The van der Waals surface area contributed by atoms with Crippen LogP contribution in [0.3, 0.4) is 0 Å². The number of benzene rings is 2. The maximum atomic E-state index is 14.2. The van der Waals surface area contributed by atoms with Crippen molar-refractivity contribution in [1.29, 1.82) is 0 Å². The maximum Gasteiger partial charge on any atom is 0.295 e. The summed E-state index contributed by atoms with van der Waals surface area (Å²) in [5.41, 5.74) is 0.296. The fourth-order valence-corrected chi connectivity index (χ4v) is 3.91. The number of likely N-dealkylation sites (tertiary alicyclic amines) is 1. The van der Waals surface area contributed by atoms with Gasteiger partial charge in [-0.25, -0.2) is 13.8 Å². The van der Waals surface area contributed by atoms with Gasteiger partial charge in [-0.2, -0.15) is 0 Å². The number of carbonyl (C=O) groups is 2. The Balaban J connectivity index is 1.74. The molecule has 2 aromatic carbocycles. The van der Waals surface area contributed by atoms with Gasteiger partial charge in [0, 0.05) is 31.0 Å². The quantitative estimate of drug-likeness (QED) is 0.335. The Morgan fingerprint density at radius 3 is 2.52 bits per heavy atom. The van der Waals surface area contributed by atoms with Crippen LogP contribution in [0.2, 0.25) is 0 Å². The molecule has 0 saturated carbocycles. The lowest BCUT2D eigenvalue weighted by atomic mass is 9.95. The number of ether oxygens (including phenoxy) is 1. The third-order valence-electron chi connectivity index (χ3n) is 5.53. The highest BCUT2D eigenvalue weighted by Crippen LogP contribution is 2.40. The van der Waals surface area contributed by atoms with Gasteiger partial charge in [-0.3, -0.25) is 9.59 Å². The highest BCUT2D eigenvalue weighted by atomic mass is 19.1. The molecule has 7 nitrogen and oxygen atoms in total. The largest absolute Gasteiger partial charge is 0.507 e. The number of aromatic nitrogens is 2.